The summed E-state index contributed by atoms with van der Waals surface area (Å²) in [5.41, 5.74) is 2.37. The summed E-state index contributed by atoms with van der Waals surface area (Å²) in [7, 11) is 0. The Morgan fingerprint density at radius 2 is 1.74 bits per heavy atom. The first-order valence-electron chi connectivity index (χ1n) is 10.8. The van der Waals surface area contributed by atoms with Crippen molar-refractivity contribution in [3.8, 4) is 17.6 Å². The lowest BCUT2D eigenvalue weighted by molar-refractivity contribution is -0.118. The fraction of sp³-hybridized carbons (Fsp3) is 0.148. The van der Waals surface area contributed by atoms with E-state index >= 15 is 0 Å². The number of nitriles is 1. The highest BCUT2D eigenvalue weighted by Gasteiger charge is 2.13. The second kappa shape index (κ2) is 12.0. The number of carbonyl (C=O) groups excluding carboxylic acids is 2. The molecule has 0 aliphatic carbocycles. The van der Waals surface area contributed by atoms with Crippen LogP contribution in [0.1, 0.15) is 18.1 Å². The molecule has 0 atom stereocenters. The molecular formula is C27H24FN3O4. The van der Waals surface area contributed by atoms with Crippen molar-refractivity contribution in [1.82, 2.24) is 0 Å². The van der Waals surface area contributed by atoms with Gasteiger partial charge in [0.15, 0.2) is 18.1 Å². The highest BCUT2D eigenvalue weighted by atomic mass is 19.1. The minimum atomic E-state index is -0.634. The van der Waals surface area contributed by atoms with Crippen molar-refractivity contribution in [2.45, 2.75) is 13.8 Å². The van der Waals surface area contributed by atoms with Crippen LogP contribution >= 0.6 is 0 Å². The van der Waals surface area contributed by atoms with E-state index in [9.17, 15) is 19.2 Å². The molecule has 0 aromatic heterocycles. The molecule has 0 unspecified atom stereocenters. The topological polar surface area (TPSA) is 100 Å². The highest BCUT2D eigenvalue weighted by molar-refractivity contribution is 6.09. The Morgan fingerprint density at radius 1 is 1.00 bits per heavy atom. The quantitative estimate of drug-likeness (QED) is 0.333. The molecule has 2 N–H and O–H groups in total. The lowest BCUT2D eigenvalue weighted by atomic mass is 10.1. The summed E-state index contributed by atoms with van der Waals surface area (Å²) in [6.45, 7) is 3.81. The van der Waals surface area contributed by atoms with Gasteiger partial charge in [-0.05, 0) is 73.5 Å². The fourth-order valence-electron chi connectivity index (χ4n) is 3.09. The van der Waals surface area contributed by atoms with Crippen LogP contribution in [0.15, 0.2) is 72.3 Å². The monoisotopic (exact) mass is 473 g/mol. The van der Waals surface area contributed by atoms with Crippen LogP contribution in [0.3, 0.4) is 0 Å². The number of nitrogens with one attached hydrogen (secondary N) is 2. The van der Waals surface area contributed by atoms with Gasteiger partial charge in [-0.1, -0.05) is 24.3 Å². The largest absolute Gasteiger partial charge is 0.490 e. The van der Waals surface area contributed by atoms with Gasteiger partial charge in [0.05, 0.1) is 6.61 Å². The van der Waals surface area contributed by atoms with Gasteiger partial charge in [-0.2, -0.15) is 5.26 Å². The van der Waals surface area contributed by atoms with E-state index < -0.39 is 11.7 Å². The number of carbonyl (C=O) groups is 2. The molecule has 0 fully saturated rings. The van der Waals surface area contributed by atoms with Crippen LogP contribution in [0, 0.1) is 24.1 Å². The molecule has 0 spiro atoms. The zero-order chi connectivity index (χ0) is 25.2. The van der Waals surface area contributed by atoms with Crippen LogP contribution in [-0.2, 0) is 9.59 Å². The normalized spacial score (nSPS) is 10.7. The van der Waals surface area contributed by atoms with Crippen molar-refractivity contribution in [2.24, 2.45) is 0 Å². The molecule has 0 saturated carbocycles. The van der Waals surface area contributed by atoms with Gasteiger partial charge in [0.1, 0.15) is 17.5 Å². The maximum Gasteiger partial charge on any atom is 0.266 e. The van der Waals surface area contributed by atoms with Crippen LogP contribution in [-0.4, -0.2) is 25.0 Å². The summed E-state index contributed by atoms with van der Waals surface area (Å²) in [5, 5.41) is 14.8. The Bertz CT molecular complexity index is 1280. The number of ether oxygens (including phenoxy) is 2. The first-order valence-corrected chi connectivity index (χ1v) is 10.8. The van der Waals surface area contributed by atoms with E-state index in [4.69, 9.17) is 9.47 Å². The second-order valence-corrected chi connectivity index (χ2v) is 7.42. The molecule has 0 radical (unpaired) electrons. The van der Waals surface area contributed by atoms with E-state index in [-0.39, 0.29) is 18.1 Å². The second-order valence-electron chi connectivity index (χ2n) is 7.42. The Kier molecular flexibility index (Phi) is 8.57. The van der Waals surface area contributed by atoms with Crippen molar-refractivity contribution in [3.63, 3.8) is 0 Å². The van der Waals surface area contributed by atoms with Gasteiger partial charge in [-0.15, -0.1) is 0 Å². The number of aryl methyl sites for hydroxylation is 1. The van der Waals surface area contributed by atoms with E-state index in [0.717, 1.165) is 5.56 Å². The minimum Gasteiger partial charge on any atom is -0.490 e. The lowest BCUT2D eigenvalue weighted by Gasteiger charge is -2.13. The summed E-state index contributed by atoms with van der Waals surface area (Å²) in [6.07, 6.45) is 1.40. The lowest BCUT2D eigenvalue weighted by Crippen LogP contribution is -2.20. The van der Waals surface area contributed by atoms with Gasteiger partial charge in [0, 0.05) is 11.4 Å². The van der Waals surface area contributed by atoms with Crippen molar-refractivity contribution >= 4 is 29.3 Å². The first kappa shape index (κ1) is 25.0. The van der Waals surface area contributed by atoms with Crippen molar-refractivity contribution < 1.29 is 23.5 Å². The molecule has 7 nitrogen and oxygen atoms in total. The maximum absolute atomic E-state index is 13.1. The number of benzene rings is 3. The molecule has 3 aromatic carbocycles. The van der Waals surface area contributed by atoms with Crippen molar-refractivity contribution in [2.75, 3.05) is 23.8 Å². The fourth-order valence-corrected chi connectivity index (χ4v) is 3.09. The average Bonchev–Trinajstić information content (AvgIpc) is 2.85. The summed E-state index contributed by atoms with van der Waals surface area (Å²) in [5.74, 6) is -0.683. The van der Waals surface area contributed by atoms with Crippen LogP contribution in [0.4, 0.5) is 15.8 Å². The summed E-state index contributed by atoms with van der Waals surface area (Å²) in [4.78, 5) is 24.8. The van der Waals surface area contributed by atoms with E-state index in [1.165, 1.54) is 30.3 Å². The molecule has 35 heavy (non-hydrogen) atoms. The third-order valence-electron chi connectivity index (χ3n) is 4.82. The Balaban J connectivity index is 1.71. The Labute approximate surface area is 202 Å². The summed E-state index contributed by atoms with van der Waals surface area (Å²) >= 11 is 0. The van der Waals surface area contributed by atoms with E-state index in [0.29, 0.717) is 35.0 Å². The summed E-state index contributed by atoms with van der Waals surface area (Å²) in [6, 6.07) is 19.3. The molecular weight excluding hydrogens is 449 g/mol. The standard InChI is InChI=1S/C27H24FN3O4/c1-3-34-25-15-19(14-20(16-29)27(33)30-22-11-9-21(28)10-12-22)8-13-24(25)35-17-26(32)31-23-7-5-4-6-18(23)2/h4-15H,3,17H2,1-2H3,(H,30,33)(H,31,32)/b20-14+. The zero-order valence-electron chi connectivity index (χ0n) is 19.3. The number of rotatable bonds is 9. The predicted octanol–water partition coefficient (Wildman–Crippen LogP) is 5.10. The van der Waals surface area contributed by atoms with Gasteiger partial charge in [0.2, 0.25) is 0 Å². The van der Waals surface area contributed by atoms with Crippen LogP contribution in [0.2, 0.25) is 0 Å². The van der Waals surface area contributed by atoms with Crippen LogP contribution in [0.25, 0.3) is 6.08 Å². The van der Waals surface area contributed by atoms with Gasteiger partial charge < -0.3 is 20.1 Å². The predicted molar refractivity (Wildman–Crippen MR) is 132 cm³/mol. The zero-order valence-corrected chi connectivity index (χ0v) is 19.3. The molecule has 0 aliphatic heterocycles. The molecule has 3 rings (SSSR count). The molecule has 0 aliphatic rings. The molecule has 2 amide bonds. The van der Waals surface area contributed by atoms with Crippen LogP contribution < -0.4 is 20.1 Å². The third kappa shape index (κ3) is 7.17. The molecule has 3 aromatic rings. The smallest absolute Gasteiger partial charge is 0.266 e. The third-order valence-corrected chi connectivity index (χ3v) is 4.82. The number of anilines is 2. The van der Waals surface area contributed by atoms with Crippen molar-refractivity contribution in [3.05, 3.63) is 89.2 Å². The molecule has 0 bridgehead atoms. The van der Waals surface area contributed by atoms with Gasteiger partial charge in [-0.3, -0.25) is 9.59 Å². The van der Waals surface area contributed by atoms with Gasteiger partial charge in [0.25, 0.3) is 11.8 Å². The Morgan fingerprint density at radius 3 is 2.43 bits per heavy atom. The molecule has 0 saturated heterocycles. The maximum atomic E-state index is 13.1. The number of amides is 2. The van der Waals surface area contributed by atoms with Crippen LogP contribution in [0.5, 0.6) is 11.5 Å². The average molecular weight is 474 g/mol. The SMILES string of the molecule is CCOc1cc(/C=C(\C#N)C(=O)Nc2ccc(F)cc2)ccc1OCC(=O)Nc1ccccc1C. The van der Waals surface area contributed by atoms with E-state index in [1.54, 1.807) is 31.2 Å². The molecule has 8 heteroatoms. The van der Waals surface area contributed by atoms with Crippen molar-refractivity contribution in [1.29, 1.82) is 5.26 Å². The molecule has 178 valence electrons. The number of para-hydroxylation sites is 1. The number of halogens is 1. The van der Waals surface area contributed by atoms with Gasteiger partial charge >= 0.3 is 0 Å². The van der Waals surface area contributed by atoms with E-state index in [1.807, 2.05) is 31.2 Å². The molecule has 0 heterocycles. The highest BCUT2D eigenvalue weighted by Crippen LogP contribution is 2.29. The van der Waals surface area contributed by atoms with Gasteiger partial charge in [-0.25, -0.2) is 4.39 Å². The number of nitrogens with zero attached hydrogens (tertiary/aromatic N) is 1. The summed E-state index contributed by atoms with van der Waals surface area (Å²) < 4.78 is 24.3. The number of hydrogen-bond acceptors (Lipinski definition) is 5. The number of hydrogen-bond donors (Lipinski definition) is 2. The van der Waals surface area contributed by atoms with E-state index in [2.05, 4.69) is 10.6 Å². The Hall–Kier alpha value is -4.64. The first-order chi connectivity index (χ1) is 16.9. The minimum absolute atomic E-state index is 0.150.